The van der Waals surface area contributed by atoms with Crippen LogP contribution >= 0.6 is 0 Å². The number of hydrogen-bond donors (Lipinski definition) is 13. The lowest BCUT2D eigenvalue weighted by atomic mass is 9.94. The summed E-state index contributed by atoms with van der Waals surface area (Å²) in [4.78, 5) is 35.4. The minimum Gasteiger partial charge on any atom is -0.480 e. The van der Waals surface area contributed by atoms with Gasteiger partial charge >= 0.3 is 5.97 Å². The number of aliphatic hydroxyl groups is 10. The van der Waals surface area contributed by atoms with Crippen LogP contribution in [0.1, 0.15) is 20.8 Å². The van der Waals surface area contributed by atoms with Gasteiger partial charge in [0.2, 0.25) is 11.8 Å². The Morgan fingerprint density at radius 2 is 1.04 bits per heavy atom. The molecule has 2 amide bonds. The number of aliphatic carboxylic acids is 1. The predicted octanol–water partition coefficient (Wildman–Crippen LogP) is -8.32. The molecule has 0 aliphatic carbocycles. The molecule has 4 heterocycles. The van der Waals surface area contributed by atoms with Crippen LogP contribution in [0.25, 0.3) is 0 Å². The Labute approximate surface area is 307 Å². The van der Waals surface area contributed by atoms with E-state index < -0.39 is 167 Å². The van der Waals surface area contributed by atoms with Crippen molar-refractivity contribution in [3.05, 3.63) is 0 Å². The molecule has 4 aliphatic heterocycles. The fourth-order valence-electron chi connectivity index (χ4n) is 6.55. The van der Waals surface area contributed by atoms with Gasteiger partial charge in [-0.05, 0) is 6.92 Å². The van der Waals surface area contributed by atoms with Gasteiger partial charge in [-0.1, -0.05) is 0 Å². The quantitative estimate of drug-likeness (QED) is 0.0777. The number of ether oxygens (including phenoxy) is 8. The minimum absolute atomic E-state index is 0.729. The number of rotatable bonds is 14. The monoisotopic (exact) mass is 790 g/mol. The van der Waals surface area contributed by atoms with Gasteiger partial charge in [0.05, 0.1) is 25.9 Å². The van der Waals surface area contributed by atoms with E-state index in [-0.39, 0.29) is 0 Å². The van der Waals surface area contributed by atoms with Crippen LogP contribution in [0.5, 0.6) is 0 Å². The number of aliphatic hydroxyl groups excluding tert-OH is 10. The van der Waals surface area contributed by atoms with E-state index in [0.717, 1.165) is 13.8 Å². The normalized spacial score (nSPS) is 45.7. The van der Waals surface area contributed by atoms with E-state index in [1.165, 1.54) is 6.92 Å². The fourth-order valence-corrected chi connectivity index (χ4v) is 6.55. The Morgan fingerprint density at radius 3 is 1.59 bits per heavy atom. The maximum atomic E-state index is 12.1. The van der Waals surface area contributed by atoms with Gasteiger partial charge in [-0.2, -0.15) is 0 Å². The second-order valence-corrected chi connectivity index (χ2v) is 13.3. The summed E-state index contributed by atoms with van der Waals surface area (Å²) < 4.78 is 46.0. The Morgan fingerprint density at radius 1 is 0.537 bits per heavy atom. The van der Waals surface area contributed by atoms with E-state index in [0.29, 0.717) is 0 Å². The Kier molecular flexibility index (Phi) is 15.8. The summed E-state index contributed by atoms with van der Waals surface area (Å²) in [5.74, 6) is -2.90. The van der Waals surface area contributed by atoms with E-state index in [4.69, 9.17) is 43.0 Å². The molecule has 312 valence electrons. The summed E-state index contributed by atoms with van der Waals surface area (Å²) in [6.45, 7) is -0.212. The highest BCUT2D eigenvalue weighted by Crippen LogP contribution is 2.36. The fraction of sp³-hybridized carbons (Fsp3) is 0.900. The highest BCUT2D eigenvalue weighted by Gasteiger charge is 2.57. The van der Waals surface area contributed by atoms with Gasteiger partial charge in [-0.3, -0.25) is 9.59 Å². The van der Waals surface area contributed by atoms with Gasteiger partial charge in [-0.15, -0.1) is 0 Å². The minimum atomic E-state index is -1.98. The molecule has 0 spiro atoms. The number of carboxylic acids is 1. The smallest absolute Gasteiger partial charge is 0.329 e. The van der Waals surface area contributed by atoms with Crippen LogP contribution in [-0.2, 0) is 52.3 Å². The van der Waals surface area contributed by atoms with E-state index in [1.54, 1.807) is 0 Å². The molecule has 0 bridgehead atoms. The maximum absolute atomic E-state index is 12.1. The van der Waals surface area contributed by atoms with Gasteiger partial charge < -0.3 is 105 Å². The maximum Gasteiger partial charge on any atom is 0.329 e. The highest BCUT2D eigenvalue weighted by atomic mass is 16.8. The van der Waals surface area contributed by atoms with Crippen LogP contribution in [0, 0.1) is 0 Å². The number of carbonyl (C=O) groups is 3. The Hall–Kier alpha value is -2.31. The SMILES string of the molecule is CC(=O)N[C@H]1[C@@H](OCC(=O)O)O[C@H](CO)[C@@H](O[C@@H]2O[C@H](CO)[C@H](O)[C@H](O[C@@H]3O[C@H](CO)[C@@H](O)[C@H](O)[C@H]3NC(C)=O)[C@H]2O[C@@H]2O[C@@H](C)[C@@H](O)[C@@H](O)[C@@H]2O)[C@@H]1O. The van der Waals surface area contributed by atoms with Crippen LogP contribution in [-0.4, -0.2) is 223 Å². The van der Waals surface area contributed by atoms with Crippen molar-refractivity contribution in [2.45, 2.75) is 143 Å². The molecule has 4 saturated heterocycles. The molecule has 13 N–H and O–H groups in total. The zero-order valence-electron chi connectivity index (χ0n) is 29.3. The Bertz CT molecular complexity index is 1250. The van der Waals surface area contributed by atoms with Crippen molar-refractivity contribution in [2.24, 2.45) is 0 Å². The molecule has 0 radical (unpaired) electrons. The highest BCUT2D eigenvalue weighted by molar-refractivity contribution is 5.73. The second-order valence-electron chi connectivity index (χ2n) is 13.3. The average molecular weight is 791 g/mol. The van der Waals surface area contributed by atoms with Gasteiger partial charge in [0.15, 0.2) is 25.2 Å². The zero-order valence-corrected chi connectivity index (χ0v) is 29.3. The molecule has 0 aromatic heterocycles. The molecule has 0 aromatic carbocycles. The lowest BCUT2D eigenvalue weighted by Crippen LogP contribution is -2.70. The van der Waals surface area contributed by atoms with Gasteiger partial charge in [0, 0.05) is 13.8 Å². The summed E-state index contributed by atoms with van der Waals surface area (Å²) >= 11 is 0. The first kappa shape index (κ1) is 44.4. The van der Waals surface area contributed by atoms with Crippen LogP contribution in [0.2, 0.25) is 0 Å². The van der Waals surface area contributed by atoms with Crippen molar-refractivity contribution in [1.82, 2.24) is 10.6 Å². The van der Waals surface area contributed by atoms with Crippen molar-refractivity contribution in [3.63, 3.8) is 0 Å². The third kappa shape index (κ3) is 9.97. The third-order valence-electron chi connectivity index (χ3n) is 9.33. The molecular formula is C30H50N2O22. The molecule has 0 aromatic rings. The van der Waals surface area contributed by atoms with Gasteiger partial charge in [0.1, 0.15) is 98.0 Å². The Balaban J connectivity index is 1.75. The zero-order chi connectivity index (χ0) is 40.2. The van der Waals surface area contributed by atoms with Crippen LogP contribution in [0.4, 0.5) is 0 Å². The number of carboxylic acid groups (broad SMARTS) is 1. The summed E-state index contributed by atoms with van der Waals surface area (Å²) in [5, 5.41) is 120. The number of hydrogen-bond acceptors (Lipinski definition) is 21. The van der Waals surface area contributed by atoms with Crippen LogP contribution in [0.3, 0.4) is 0 Å². The molecule has 24 nitrogen and oxygen atoms in total. The van der Waals surface area contributed by atoms with Crippen molar-refractivity contribution in [2.75, 3.05) is 26.4 Å². The first-order valence-corrected chi connectivity index (χ1v) is 17.0. The standard InChI is InChI=1S/C30H50N2O22/c1-8-17(40)22(45)23(46)29(48-8)54-26-25(53-28-15(31-9(2)36)20(43)18(41)11(4-33)49-28)19(42)12(5-34)50-30(26)52-24-13(6-35)51-27(47-7-14(38)39)16(21(24)44)32-10(3)37/h8,11-13,15-30,33-35,40-46H,4-7H2,1-3H3,(H,31,36)(H,32,37)(H,38,39)/t8-,11+,12+,13+,15+,16+,17+,18+,19-,20+,21+,22+,23-,24+,25-,26+,27-,28-,29-,30-/m0/s1. The summed E-state index contributed by atoms with van der Waals surface area (Å²) in [6.07, 6.45) is -31.5. The lowest BCUT2D eigenvalue weighted by molar-refractivity contribution is -0.398. The van der Waals surface area contributed by atoms with Crippen molar-refractivity contribution < 1.29 is 108 Å². The number of amides is 2. The summed E-state index contributed by atoms with van der Waals surface area (Å²) in [6, 6.07) is -3.12. The van der Waals surface area contributed by atoms with Crippen molar-refractivity contribution in [3.8, 4) is 0 Å². The second kappa shape index (κ2) is 19.2. The van der Waals surface area contributed by atoms with Gasteiger partial charge in [-0.25, -0.2) is 4.79 Å². The molecule has 20 atom stereocenters. The van der Waals surface area contributed by atoms with Gasteiger partial charge in [0.25, 0.3) is 0 Å². The van der Waals surface area contributed by atoms with E-state index in [9.17, 15) is 65.4 Å². The predicted molar refractivity (Wildman–Crippen MR) is 167 cm³/mol. The summed E-state index contributed by atoms with van der Waals surface area (Å²) in [7, 11) is 0. The van der Waals surface area contributed by atoms with E-state index in [2.05, 4.69) is 10.6 Å². The lowest BCUT2D eigenvalue weighted by Gasteiger charge is -2.51. The number of carbonyl (C=O) groups excluding carboxylic acids is 2. The first-order chi connectivity index (χ1) is 25.4. The number of nitrogens with one attached hydrogen (secondary N) is 2. The molecule has 4 fully saturated rings. The van der Waals surface area contributed by atoms with Crippen LogP contribution < -0.4 is 10.6 Å². The largest absolute Gasteiger partial charge is 0.480 e. The van der Waals surface area contributed by atoms with E-state index in [1.807, 2.05) is 0 Å². The van der Waals surface area contributed by atoms with Crippen molar-refractivity contribution in [1.29, 1.82) is 0 Å². The van der Waals surface area contributed by atoms with Crippen LogP contribution in [0.15, 0.2) is 0 Å². The summed E-state index contributed by atoms with van der Waals surface area (Å²) in [5.41, 5.74) is 0. The molecule has 0 unspecified atom stereocenters. The van der Waals surface area contributed by atoms with Crippen molar-refractivity contribution >= 4 is 17.8 Å². The molecule has 54 heavy (non-hydrogen) atoms. The molecule has 4 rings (SSSR count). The molecular weight excluding hydrogens is 740 g/mol. The molecule has 4 aliphatic rings. The average Bonchev–Trinajstić information content (AvgIpc) is 3.12. The molecule has 24 heteroatoms. The topological polar surface area (TPSA) is 372 Å². The molecule has 0 saturated carbocycles. The first-order valence-electron chi connectivity index (χ1n) is 17.0. The third-order valence-corrected chi connectivity index (χ3v) is 9.33. The van der Waals surface area contributed by atoms with E-state index >= 15 is 0 Å².